The fourth-order valence-electron chi connectivity index (χ4n) is 3.92. The number of hydrogen-bond donors (Lipinski definition) is 2. The van der Waals surface area contributed by atoms with Crippen molar-refractivity contribution >= 4 is 22.6 Å². The van der Waals surface area contributed by atoms with E-state index in [9.17, 15) is 24.3 Å². The largest absolute Gasteiger partial charge is 0.476 e. The van der Waals surface area contributed by atoms with Gasteiger partial charge in [0.15, 0.2) is 11.1 Å². The number of aromatic nitrogens is 1. The van der Waals surface area contributed by atoms with Gasteiger partial charge in [0, 0.05) is 16.7 Å². The van der Waals surface area contributed by atoms with E-state index in [4.69, 9.17) is 4.42 Å². The van der Waals surface area contributed by atoms with Crippen LogP contribution in [0.2, 0.25) is 0 Å². The number of benzene rings is 2. The topological polar surface area (TPSA) is 116 Å². The minimum atomic E-state index is -1.37. The van der Waals surface area contributed by atoms with Crippen LogP contribution in [0.15, 0.2) is 57.7 Å². The molecule has 7 nitrogen and oxygen atoms in total. The van der Waals surface area contributed by atoms with Crippen LogP contribution in [0.25, 0.3) is 22.3 Å². The molecular formula is C26H20FN3O4. The molecule has 0 amide bonds. The average Bonchev–Trinajstić information content (AvgIpc) is 2.82. The molecule has 4 aromatic rings. The van der Waals surface area contributed by atoms with E-state index in [1.165, 1.54) is 6.07 Å². The first kappa shape index (κ1) is 22.7. The highest BCUT2D eigenvalue weighted by atomic mass is 19.1. The van der Waals surface area contributed by atoms with Gasteiger partial charge >= 0.3 is 5.97 Å². The number of anilines is 1. The Kier molecular flexibility index (Phi) is 5.86. The van der Waals surface area contributed by atoms with E-state index in [0.29, 0.717) is 39.0 Å². The quantitative estimate of drug-likeness (QED) is 0.388. The summed E-state index contributed by atoms with van der Waals surface area (Å²) in [4.78, 5) is 28.3. The summed E-state index contributed by atoms with van der Waals surface area (Å²) in [5, 5.41) is 22.1. The summed E-state index contributed by atoms with van der Waals surface area (Å²) in [6.07, 6.45) is 0. The maximum Gasteiger partial charge on any atom is 0.356 e. The molecule has 0 spiro atoms. The lowest BCUT2D eigenvalue weighted by Gasteiger charge is -2.19. The first-order valence-corrected chi connectivity index (χ1v) is 10.4. The minimum Gasteiger partial charge on any atom is -0.476 e. The molecule has 34 heavy (non-hydrogen) atoms. The van der Waals surface area contributed by atoms with Crippen molar-refractivity contribution in [1.82, 2.24) is 4.98 Å². The van der Waals surface area contributed by atoms with Gasteiger partial charge in [0.2, 0.25) is 5.95 Å². The molecule has 1 atom stereocenters. The van der Waals surface area contributed by atoms with Crippen molar-refractivity contribution in [2.45, 2.75) is 26.8 Å². The number of pyridine rings is 1. The highest BCUT2D eigenvalue weighted by Crippen LogP contribution is 2.32. The van der Waals surface area contributed by atoms with Crippen molar-refractivity contribution in [3.8, 4) is 17.4 Å². The van der Waals surface area contributed by atoms with E-state index in [0.717, 1.165) is 11.6 Å². The zero-order valence-electron chi connectivity index (χ0n) is 18.6. The predicted molar refractivity (Wildman–Crippen MR) is 125 cm³/mol. The number of nitrogens with zero attached hydrogens (tertiary/aromatic N) is 2. The summed E-state index contributed by atoms with van der Waals surface area (Å²) in [6.45, 7) is 5.29. The molecule has 2 N–H and O–H groups in total. The van der Waals surface area contributed by atoms with Gasteiger partial charge in [-0.3, -0.25) is 4.79 Å². The normalized spacial score (nSPS) is 11.7. The monoisotopic (exact) mass is 457 g/mol. The van der Waals surface area contributed by atoms with Gasteiger partial charge in [-0.05, 0) is 56.7 Å². The van der Waals surface area contributed by atoms with Crippen LogP contribution in [0.4, 0.5) is 10.1 Å². The van der Waals surface area contributed by atoms with Crippen LogP contribution in [0.5, 0.6) is 0 Å². The minimum absolute atomic E-state index is 0.132. The van der Waals surface area contributed by atoms with Gasteiger partial charge in [-0.15, -0.1) is 0 Å². The number of aromatic carboxylic acids is 1. The molecule has 1 unspecified atom stereocenters. The summed E-state index contributed by atoms with van der Waals surface area (Å²) >= 11 is 0. The molecule has 170 valence electrons. The molecule has 2 aromatic heterocycles. The Balaban J connectivity index is 1.90. The zero-order chi connectivity index (χ0) is 24.6. The van der Waals surface area contributed by atoms with Crippen LogP contribution in [-0.4, -0.2) is 16.1 Å². The maximum absolute atomic E-state index is 13.5. The molecule has 0 saturated heterocycles. The highest BCUT2D eigenvalue weighted by Gasteiger charge is 2.21. The highest BCUT2D eigenvalue weighted by molar-refractivity contribution is 5.92. The molecule has 0 bridgehead atoms. The number of carbonyl (C=O) groups is 1. The van der Waals surface area contributed by atoms with Crippen LogP contribution < -0.4 is 10.7 Å². The molecule has 2 heterocycles. The Morgan fingerprint density at radius 3 is 2.68 bits per heavy atom. The first-order chi connectivity index (χ1) is 16.2. The SMILES string of the molecule is Cc1cc(C(C)Nc2ccc(F)nc2C(=O)O)c2oc(-c3cccc(C#N)c3)c(C)c(=O)c2c1. The average molecular weight is 457 g/mol. The predicted octanol–water partition coefficient (Wildman–Crippen LogP) is 5.35. The number of carboxylic acid groups (broad SMARTS) is 1. The van der Waals surface area contributed by atoms with E-state index in [1.807, 2.05) is 13.0 Å². The number of nitriles is 1. The van der Waals surface area contributed by atoms with Crippen LogP contribution in [-0.2, 0) is 0 Å². The fourth-order valence-corrected chi connectivity index (χ4v) is 3.92. The molecule has 2 aromatic carbocycles. The number of halogens is 1. The third-order valence-electron chi connectivity index (χ3n) is 5.55. The smallest absolute Gasteiger partial charge is 0.356 e. The van der Waals surface area contributed by atoms with Crippen LogP contribution in [0.3, 0.4) is 0 Å². The van der Waals surface area contributed by atoms with Crippen molar-refractivity contribution in [2.75, 3.05) is 5.32 Å². The number of carboxylic acids is 1. The third kappa shape index (κ3) is 4.11. The Morgan fingerprint density at radius 1 is 1.21 bits per heavy atom. The van der Waals surface area contributed by atoms with Crippen LogP contribution in [0, 0.1) is 31.1 Å². The molecule has 0 fully saturated rings. The Hall–Kier alpha value is -4.51. The van der Waals surface area contributed by atoms with E-state index < -0.39 is 23.7 Å². The summed E-state index contributed by atoms with van der Waals surface area (Å²) < 4.78 is 19.8. The lowest BCUT2D eigenvalue weighted by Crippen LogP contribution is -2.15. The van der Waals surface area contributed by atoms with E-state index in [-0.39, 0.29) is 11.1 Å². The van der Waals surface area contributed by atoms with Gasteiger partial charge in [0.25, 0.3) is 0 Å². The van der Waals surface area contributed by atoms with Gasteiger partial charge in [0.05, 0.1) is 28.7 Å². The van der Waals surface area contributed by atoms with Gasteiger partial charge in [-0.2, -0.15) is 9.65 Å². The summed E-state index contributed by atoms with van der Waals surface area (Å²) in [5.74, 6) is -1.92. The second-order valence-electron chi connectivity index (χ2n) is 8.01. The second kappa shape index (κ2) is 8.79. The number of nitrogens with one attached hydrogen (secondary N) is 1. The van der Waals surface area contributed by atoms with E-state index >= 15 is 0 Å². The van der Waals surface area contributed by atoms with Crippen LogP contribution in [0.1, 0.15) is 45.7 Å². The molecule has 0 saturated carbocycles. The number of aryl methyl sites for hydroxylation is 1. The van der Waals surface area contributed by atoms with Gasteiger partial charge < -0.3 is 14.8 Å². The summed E-state index contributed by atoms with van der Waals surface area (Å²) in [6, 6.07) is 14.3. The van der Waals surface area contributed by atoms with Gasteiger partial charge in [-0.1, -0.05) is 18.2 Å². The fraction of sp³-hybridized carbons (Fsp3) is 0.154. The van der Waals surface area contributed by atoms with Crippen molar-refractivity contribution in [2.24, 2.45) is 0 Å². The van der Waals surface area contributed by atoms with Crippen LogP contribution >= 0.6 is 0 Å². The Labute approximate surface area is 194 Å². The molecule has 8 heteroatoms. The molecule has 0 aliphatic carbocycles. The third-order valence-corrected chi connectivity index (χ3v) is 5.55. The maximum atomic E-state index is 13.5. The standard InChI is InChI=1S/C26H20FN3O4/c1-13-9-18(15(3)29-20-7-8-21(27)30-22(20)26(32)33)25-19(10-13)23(31)14(2)24(34-25)17-6-4-5-16(11-17)12-28/h4-11,15,29H,1-3H3,(H,32,33). The number of fused-ring (bicyclic) bond motifs is 1. The Morgan fingerprint density at radius 2 is 1.97 bits per heavy atom. The van der Waals surface area contributed by atoms with Crippen molar-refractivity contribution in [3.63, 3.8) is 0 Å². The first-order valence-electron chi connectivity index (χ1n) is 10.4. The number of rotatable bonds is 5. The van der Waals surface area contributed by atoms with Gasteiger partial charge in [0.1, 0.15) is 11.3 Å². The number of hydrogen-bond acceptors (Lipinski definition) is 6. The van der Waals surface area contributed by atoms with Gasteiger partial charge in [-0.25, -0.2) is 9.78 Å². The molecule has 0 radical (unpaired) electrons. The second-order valence-corrected chi connectivity index (χ2v) is 8.01. The molecule has 0 aliphatic heterocycles. The zero-order valence-corrected chi connectivity index (χ0v) is 18.6. The lowest BCUT2D eigenvalue weighted by atomic mass is 9.98. The van der Waals surface area contributed by atoms with Crippen molar-refractivity contribution in [3.05, 3.63) is 92.6 Å². The Bertz CT molecular complexity index is 1550. The molecular weight excluding hydrogens is 437 g/mol. The molecule has 4 rings (SSSR count). The summed E-state index contributed by atoms with van der Waals surface area (Å²) in [7, 11) is 0. The van der Waals surface area contributed by atoms with Crippen molar-refractivity contribution in [1.29, 1.82) is 5.26 Å². The molecule has 0 aliphatic rings. The van der Waals surface area contributed by atoms with Crippen molar-refractivity contribution < 1.29 is 18.7 Å². The van der Waals surface area contributed by atoms with E-state index in [2.05, 4.69) is 16.4 Å². The van der Waals surface area contributed by atoms with E-state index in [1.54, 1.807) is 44.2 Å². The summed E-state index contributed by atoms with van der Waals surface area (Å²) in [5.41, 5.74) is 2.69. The lowest BCUT2D eigenvalue weighted by molar-refractivity contribution is 0.0690.